The summed E-state index contributed by atoms with van der Waals surface area (Å²) in [4.78, 5) is 12.0. The molecule has 0 aliphatic rings. The standard InChI is InChI=1S/C21H23N3O2/c1-16-4-9-20(17(2)12-16)26-15-21(25)22-13-18-5-7-19(8-6-18)14-24-11-3-10-23-24/h3-12H,13-15H2,1-2H3,(H,22,25). The highest BCUT2D eigenvalue weighted by molar-refractivity contribution is 5.77. The van der Waals surface area contributed by atoms with Crippen LogP contribution in [0, 0.1) is 13.8 Å². The van der Waals surface area contributed by atoms with E-state index in [4.69, 9.17) is 4.74 Å². The smallest absolute Gasteiger partial charge is 0.258 e. The van der Waals surface area contributed by atoms with Gasteiger partial charge >= 0.3 is 0 Å². The molecule has 0 spiro atoms. The molecule has 0 unspecified atom stereocenters. The number of carbonyl (C=O) groups is 1. The van der Waals surface area contributed by atoms with Crippen LogP contribution in [0.3, 0.4) is 0 Å². The zero-order valence-electron chi connectivity index (χ0n) is 15.1. The van der Waals surface area contributed by atoms with E-state index < -0.39 is 0 Å². The number of carbonyl (C=O) groups excluding carboxylic acids is 1. The lowest BCUT2D eigenvalue weighted by molar-refractivity contribution is -0.123. The highest BCUT2D eigenvalue weighted by Gasteiger charge is 2.05. The molecule has 0 saturated heterocycles. The maximum absolute atomic E-state index is 12.0. The summed E-state index contributed by atoms with van der Waals surface area (Å²) in [5, 5.41) is 7.08. The molecule has 0 bridgehead atoms. The van der Waals surface area contributed by atoms with E-state index in [0.717, 1.165) is 23.4 Å². The Labute approximate surface area is 153 Å². The molecule has 0 aliphatic carbocycles. The Hall–Kier alpha value is -3.08. The van der Waals surface area contributed by atoms with Crippen molar-refractivity contribution in [3.05, 3.63) is 83.2 Å². The average Bonchev–Trinajstić information content (AvgIpc) is 3.13. The first-order valence-corrected chi connectivity index (χ1v) is 8.62. The summed E-state index contributed by atoms with van der Waals surface area (Å²) in [5.74, 6) is 0.610. The summed E-state index contributed by atoms with van der Waals surface area (Å²) >= 11 is 0. The molecule has 134 valence electrons. The molecule has 0 fully saturated rings. The Morgan fingerprint density at radius 2 is 1.88 bits per heavy atom. The third-order valence-corrected chi connectivity index (χ3v) is 4.11. The number of hydrogen-bond acceptors (Lipinski definition) is 3. The molecule has 3 aromatic rings. The lowest BCUT2D eigenvalue weighted by Gasteiger charge is -2.10. The van der Waals surface area contributed by atoms with Crippen molar-refractivity contribution in [3.63, 3.8) is 0 Å². The van der Waals surface area contributed by atoms with Crippen molar-refractivity contribution in [1.29, 1.82) is 0 Å². The lowest BCUT2D eigenvalue weighted by atomic mass is 10.1. The SMILES string of the molecule is Cc1ccc(OCC(=O)NCc2ccc(Cn3cccn3)cc2)c(C)c1. The van der Waals surface area contributed by atoms with Crippen LogP contribution in [0.4, 0.5) is 0 Å². The zero-order valence-corrected chi connectivity index (χ0v) is 15.1. The second-order valence-corrected chi connectivity index (χ2v) is 6.35. The van der Waals surface area contributed by atoms with Crippen LogP contribution in [-0.2, 0) is 17.9 Å². The maximum atomic E-state index is 12.0. The predicted molar refractivity (Wildman–Crippen MR) is 101 cm³/mol. The van der Waals surface area contributed by atoms with E-state index in [1.165, 1.54) is 11.1 Å². The van der Waals surface area contributed by atoms with Crippen molar-refractivity contribution in [2.24, 2.45) is 0 Å². The van der Waals surface area contributed by atoms with Gasteiger partial charge in [0.15, 0.2) is 6.61 Å². The molecule has 5 heteroatoms. The second-order valence-electron chi connectivity index (χ2n) is 6.35. The Bertz CT molecular complexity index is 855. The van der Waals surface area contributed by atoms with E-state index in [0.29, 0.717) is 6.54 Å². The van der Waals surface area contributed by atoms with Gasteiger partial charge in [-0.25, -0.2) is 0 Å². The molecule has 1 amide bonds. The number of benzene rings is 2. The molecule has 26 heavy (non-hydrogen) atoms. The predicted octanol–water partition coefficient (Wildman–Crippen LogP) is 3.24. The summed E-state index contributed by atoms with van der Waals surface area (Å²) in [6, 6.07) is 16.0. The second kappa shape index (κ2) is 8.34. The van der Waals surface area contributed by atoms with Crippen LogP contribution in [-0.4, -0.2) is 22.3 Å². The molecule has 0 saturated carbocycles. The van der Waals surface area contributed by atoms with Crippen LogP contribution in [0.1, 0.15) is 22.3 Å². The number of rotatable bonds is 7. The van der Waals surface area contributed by atoms with Gasteiger partial charge in [-0.15, -0.1) is 0 Å². The fourth-order valence-corrected chi connectivity index (χ4v) is 2.70. The van der Waals surface area contributed by atoms with Crippen molar-refractivity contribution in [2.45, 2.75) is 26.9 Å². The Balaban J connectivity index is 1.45. The van der Waals surface area contributed by atoms with Crippen molar-refractivity contribution >= 4 is 5.91 Å². The van der Waals surface area contributed by atoms with E-state index in [1.807, 2.05) is 61.1 Å². The molecule has 1 N–H and O–H groups in total. The first kappa shape index (κ1) is 17.7. The van der Waals surface area contributed by atoms with Gasteiger partial charge in [-0.2, -0.15) is 5.10 Å². The molecule has 0 atom stereocenters. The van der Waals surface area contributed by atoms with Gasteiger partial charge in [0.1, 0.15) is 5.75 Å². The van der Waals surface area contributed by atoms with Crippen molar-refractivity contribution in [2.75, 3.05) is 6.61 Å². The van der Waals surface area contributed by atoms with Crippen LogP contribution in [0.15, 0.2) is 60.9 Å². The van der Waals surface area contributed by atoms with Crippen molar-refractivity contribution in [1.82, 2.24) is 15.1 Å². The quantitative estimate of drug-likeness (QED) is 0.712. The van der Waals surface area contributed by atoms with Crippen LogP contribution in [0.2, 0.25) is 0 Å². The van der Waals surface area contributed by atoms with Gasteiger partial charge in [-0.1, -0.05) is 42.0 Å². The molecule has 0 aliphatic heterocycles. The first-order valence-electron chi connectivity index (χ1n) is 8.62. The van der Waals surface area contributed by atoms with Gasteiger partial charge in [-0.05, 0) is 42.7 Å². The monoisotopic (exact) mass is 349 g/mol. The third-order valence-electron chi connectivity index (χ3n) is 4.11. The topological polar surface area (TPSA) is 56.1 Å². The van der Waals surface area contributed by atoms with Crippen molar-refractivity contribution in [3.8, 4) is 5.75 Å². The minimum absolute atomic E-state index is 0.0152. The number of aromatic nitrogens is 2. The van der Waals surface area contributed by atoms with Gasteiger partial charge in [0.2, 0.25) is 0 Å². The van der Waals surface area contributed by atoms with E-state index in [-0.39, 0.29) is 12.5 Å². The molecule has 1 aromatic heterocycles. The Morgan fingerprint density at radius 1 is 1.12 bits per heavy atom. The minimum Gasteiger partial charge on any atom is -0.484 e. The molecular formula is C21H23N3O2. The summed E-state index contributed by atoms with van der Waals surface area (Å²) in [6.07, 6.45) is 3.70. The van der Waals surface area contributed by atoms with E-state index in [2.05, 4.69) is 22.5 Å². The fraction of sp³-hybridized carbons (Fsp3) is 0.238. The van der Waals surface area contributed by atoms with E-state index in [1.54, 1.807) is 6.20 Å². The highest BCUT2D eigenvalue weighted by atomic mass is 16.5. The lowest BCUT2D eigenvalue weighted by Crippen LogP contribution is -2.28. The largest absolute Gasteiger partial charge is 0.484 e. The summed E-state index contributed by atoms with van der Waals surface area (Å²) < 4.78 is 7.47. The third kappa shape index (κ3) is 4.96. The Morgan fingerprint density at radius 3 is 2.58 bits per heavy atom. The molecule has 0 radical (unpaired) electrons. The number of nitrogens with zero attached hydrogens (tertiary/aromatic N) is 2. The van der Waals surface area contributed by atoms with E-state index in [9.17, 15) is 4.79 Å². The van der Waals surface area contributed by atoms with Gasteiger partial charge in [-0.3, -0.25) is 9.48 Å². The highest BCUT2D eigenvalue weighted by Crippen LogP contribution is 2.18. The van der Waals surface area contributed by atoms with Gasteiger partial charge in [0.25, 0.3) is 5.91 Å². The van der Waals surface area contributed by atoms with Crippen LogP contribution in [0.5, 0.6) is 5.75 Å². The van der Waals surface area contributed by atoms with Crippen molar-refractivity contribution < 1.29 is 9.53 Å². The summed E-state index contributed by atoms with van der Waals surface area (Å²) in [7, 11) is 0. The summed E-state index contributed by atoms with van der Waals surface area (Å²) in [5.41, 5.74) is 4.43. The minimum atomic E-state index is -0.134. The summed E-state index contributed by atoms with van der Waals surface area (Å²) in [6.45, 7) is 5.25. The van der Waals surface area contributed by atoms with Crippen LogP contribution < -0.4 is 10.1 Å². The number of amides is 1. The van der Waals surface area contributed by atoms with Gasteiger partial charge in [0, 0.05) is 18.9 Å². The number of ether oxygens (including phenoxy) is 1. The average molecular weight is 349 g/mol. The normalized spacial score (nSPS) is 10.5. The molecule has 3 rings (SSSR count). The molecule has 2 aromatic carbocycles. The van der Waals surface area contributed by atoms with Gasteiger partial charge < -0.3 is 10.1 Å². The van der Waals surface area contributed by atoms with E-state index >= 15 is 0 Å². The number of aryl methyl sites for hydroxylation is 2. The fourth-order valence-electron chi connectivity index (χ4n) is 2.70. The zero-order chi connectivity index (χ0) is 18.4. The van der Waals surface area contributed by atoms with Crippen LogP contribution >= 0.6 is 0 Å². The molecule has 5 nitrogen and oxygen atoms in total. The molecular weight excluding hydrogens is 326 g/mol. The number of nitrogens with one attached hydrogen (secondary N) is 1. The van der Waals surface area contributed by atoms with Crippen LogP contribution in [0.25, 0.3) is 0 Å². The molecule has 1 heterocycles. The first-order chi connectivity index (χ1) is 12.6. The Kier molecular flexibility index (Phi) is 5.69. The number of hydrogen-bond donors (Lipinski definition) is 1. The maximum Gasteiger partial charge on any atom is 0.258 e. The van der Waals surface area contributed by atoms with Gasteiger partial charge in [0.05, 0.1) is 6.54 Å².